The second-order valence-electron chi connectivity index (χ2n) is 9.51. The molecule has 0 saturated carbocycles. The van der Waals surface area contributed by atoms with Crippen molar-refractivity contribution in [1.82, 2.24) is 0 Å². The highest BCUT2D eigenvalue weighted by molar-refractivity contribution is 6.07. The summed E-state index contributed by atoms with van der Waals surface area (Å²) in [7, 11) is 0. The van der Waals surface area contributed by atoms with Crippen LogP contribution in [0.2, 0.25) is 0 Å². The Morgan fingerprint density at radius 3 is 1.84 bits per heavy atom. The molecule has 0 unspecified atom stereocenters. The van der Waals surface area contributed by atoms with Crippen LogP contribution in [-0.4, -0.2) is 0 Å². The molecule has 0 bridgehead atoms. The number of aryl methyl sites for hydroxylation is 1. The van der Waals surface area contributed by atoms with E-state index in [-0.39, 0.29) is 33.6 Å². The Hall–Kier alpha value is -6.65. The lowest BCUT2D eigenvalue weighted by Gasteiger charge is -2.13. The second-order valence-corrected chi connectivity index (χ2v) is 9.51. The van der Waals surface area contributed by atoms with Gasteiger partial charge in [-0.25, -0.2) is 19.8 Å². The SMILES string of the molecule is [C-]#[N+]/C(C#N)=C1/c2cc(-c3ccc(C#N)c(C(F)(F)F)c3)c(C#N)cc2-c2cc([N+]#[C-])c(-c3ccc([N+]#[C-])c(C)c3)cc21. The van der Waals surface area contributed by atoms with Crippen molar-refractivity contribution in [3.05, 3.63) is 134 Å². The zero-order chi connectivity index (χ0) is 31.1. The van der Waals surface area contributed by atoms with Crippen LogP contribution in [0.25, 0.3) is 53.5 Å². The first-order chi connectivity index (χ1) is 20.6. The number of nitriles is 3. The Kier molecular flexibility index (Phi) is 6.74. The number of rotatable bonds is 2. The zero-order valence-corrected chi connectivity index (χ0v) is 22.1. The Bertz CT molecular complexity index is 2180. The number of hydrogen-bond acceptors (Lipinski definition) is 3. The molecule has 0 heterocycles. The van der Waals surface area contributed by atoms with Crippen LogP contribution in [0.5, 0.6) is 0 Å². The molecule has 4 aromatic rings. The fourth-order valence-corrected chi connectivity index (χ4v) is 5.23. The lowest BCUT2D eigenvalue weighted by atomic mass is 9.91. The Morgan fingerprint density at radius 2 is 1.28 bits per heavy atom. The summed E-state index contributed by atoms with van der Waals surface area (Å²) < 4.78 is 41.3. The molecule has 43 heavy (non-hydrogen) atoms. The second kappa shape index (κ2) is 10.4. The summed E-state index contributed by atoms with van der Waals surface area (Å²) in [5.74, 6) is 0. The number of hydrogen-bond donors (Lipinski definition) is 0. The van der Waals surface area contributed by atoms with Crippen LogP contribution in [0, 0.1) is 60.6 Å². The quantitative estimate of drug-likeness (QED) is 0.159. The molecule has 4 aromatic carbocycles. The number of fused-ring (bicyclic) bond motifs is 3. The summed E-state index contributed by atoms with van der Waals surface area (Å²) in [5.41, 5.74) is 2.72. The van der Waals surface area contributed by atoms with Crippen LogP contribution in [0.15, 0.2) is 66.4 Å². The average molecular weight is 563 g/mol. The predicted molar refractivity (Wildman–Crippen MR) is 153 cm³/mol. The molecule has 0 aliphatic heterocycles. The van der Waals surface area contributed by atoms with Gasteiger partial charge in [-0.15, -0.1) is 0 Å². The van der Waals surface area contributed by atoms with Crippen LogP contribution < -0.4 is 0 Å². The standard InChI is InChI=1S/C34H13F3N6/c1-18-9-19(7-8-30(18)41-2)24-13-28-26(14-31(24)42-3)25-10-22(16-39)23(12-27(25)33(28)32(17-40)43-4)20-5-6-21(15-38)29(11-20)34(35,36)37/h5-14H,1H3/b33-32-. The molecule has 0 radical (unpaired) electrons. The van der Waals surface area contributed by atoms with E-state index in [0.29, 0.717) is 44.6 Å². The molecule has 0 atom stereocenters. The highest BCUT2D eigenvalue weighted by atomic mass is 19.4. The third kappa shape index (κ3) is 4.51. The number of alkyl halides is 3. The summed E-state index contributed by atoms with van der Waals surface area (Å²) >= 11 is 0. The Balaban J connectivity index is 1.83. The smallest absolute Gasteiger partial charge is 0.238 e. The monoisotopic (exact) mass is 562 g/mol. The summed E-state index contributed by atoms with van der Waals surface area (Å²) in [6, 6.07) is 20.0. The van der Waals surface area contributed by atoms with E-state index < -0.39 is 17.3 Å². The molecule has 0 aromatic heterocycles. The molecular formula is C34H13F3N6. The number of benzene rings is 4. The van der Waals surface area contributed by atoms with E-state index >= 15 is 0 Å². The molecule has 200 valence electrons. The fraction of sp³-hybridized carbons (Fsp3) is 0.0588. The minimum atomic E-state index is -4.82. The molecule has 0 saturated heterocycles. The maximum absolute atomic E-state index is 13.8. The van der Waals surface area contributed by atoms with E-state index in [2.05, 4.69) is 14.5 Å². The van der Waals surface area contributed by atoms with Crippen molar-refractivity contribution in [2.75, 3.05) is 0 Å². The van der Waals surface area contributed by atoms with Gasteiger partial charge in [0.05, 0.1) is 54.6 Å². The largest absolute Gasteiger partial charge is 0.417 e. The first kappa shape index (κ1) is 27.9. The molecule has 9 heteroatoms. The molecule has 1 aliphatic carbocycles. The van der Waals surface area contributed by atoms with E-state index in [1.54, 1.807) is 37.3 Å². The van der Waals surface area contributed by atoms with Gasteiger partial charge >= 0.3 is 6.18 Å². The molecule has 6 nitrogen and oxygen atoms in total. The first-order valence-electron chi connectivity index (χ1n) is 12.4. The van der Waals surface area contributed by atoms with Gasteiger partial charge in [-0.2, -0.15) is 23.7 Å². The molecule has 1 aliphatic rings. The van der Waals surface area contributed by atoms with Crippen LogP contribution in [-0.2, 0) is 6.18 Å². The van der Waals surface area contributed by atoms with Gasteiger partial charge in [-0.1, -0.05) is 30.3 Å². The minimum Gasteiger partial charge on any atom is -0.238 e. The topological polar surface area (TPSA) is 84.4 Å². The first-order valence-corrected chi connectivity index (χ1v) is 12.4. The lowest BCUT2D eigenvalue weighted by Crippen LogP contribution is -2.08. The van der Waals surface area contributed by atoms with Crippen LogP contribution in [0.1, 0.15) is 33.4 Å². The van der Waals surface area contributed by atoms with Gasteiger partial charge in [0.15, 0.2) is 11.4 Å². The van der Waals surface area contributed by atoms with Crippen molar-refractivity contribution < 1.29 is 13.2 Å². The van der Waals surface area contributed by atoms with Gasteiger partial charge in [0.2, 0.25) is 0 Å². The van der Waals surface area contributed by atoms with Crippen LogP contribution >= 0.6 is 0 Å². The predicted octanol–water partition coefficient (Wildman–Crippen LogP) is 9.38. The lowest BCUT2D eigenvalue weighted by molar-refractivity contribution is -0.137. The molecule has 0 amide bonds. The van der Waals surface area contributed by atoms with E-state index in [0.717, 1.165) is 12.1 Å². The summed E-state index contributed by atoms with van der Waals surface area (Å²) in [6.45, 7) is 24.6. The maximum Gasteiger partial charge on any atom is 0.417 e. The third-order valence-electron chi connectivity index (χ3n) is 7.20. The highest BCUT2D eigenvalue weighted by Crippen LogP contribution is 2.51. The summed E-state index contributed by atoms with van der Waals surface area (Å²) in [6.07, 6.45) is -4.82. The maximum atomic E-state index is 13.8. The van der Waals surface area contributed by atoms with E-state index in [1.807, 2.05) is 12.1 Å². The van der Waals surface area contributed by atoms with Crippen molar-refractivity contribution in [3.8, 4) is 51.6 Å². The summed E-state index contributed by atoms with van der Waals surface area (Å²) in [5, 5.41) is 29.1. The zero-order valence-electron chi connectivity index (χ0n) is 22.1. The third-order valence-corrected chi connectivity index (χ3v) is 7.20. The molecule has 0 spiro atoms. The highest BCUT2D eigenvalue weighted by Gasteiger charge is 2.35. The van der Waals surface area contributed by atoms with Crippen molar-refractivity contribution >= 4 is 16.9 Å². The van der Waals surface area contributed by atoms with Crippen LogP contribution in [0.3, 0.4) is 0 Å². The van der Waals surface area contributed by atoms with Gasteiger partial charge in [0.25, 0.3) is 5.70 Å². The Morgan fingerprint density at radius 1 is 0.674 bits per heavy atom. The Labute approximate surface area is 244 Å². The molecular weight excluding hydrogens is 549 g/mol. The van der Waals surface area contributed by atoms with Gasteiger partial charge in [-0.3, -0.25) is 0 Å². The van der Waals surface area contributed by atoms with E-state index in [1.165, 1.54) is 24.3 Å². The molecule has 0 N–H and O–H groups in total. The van der Waals surface area contributed by atoms with Gasteiger partial charge in [0.1, 0.15) is 0 Å². The van der Waals surface area contributed by atoms with E-state index in [4.69, 9.17) is 19.7 Å². The van der Waals surface area contributed by atoms with Crippen molar-refractivity contribution in [3.63, 3.8) is 0 Å². The van der Waals surface area contributed by atoms with E-state index in [9.17, 15) is 29.0 Å². The normalized spacial score (nSPS) is 12.3. The number of allylic oxidation sites excluding steroid dienone is 1. The van der Waals surface area contributed by atoms with Crippen molar-refractivity contribution in [2.45, 2.75) is 13.1 Å². The van der Waals surface area contributed by atoms with Gasteiger partial charge in [-0.05, 0) is 81.8 Å². The molecule has 5 rings (SSSR count). The number of halogens is 3. The van der Waals surface area contributed by atoms with Gasteiger partial charge in [0, 0.05) is 11.1 Å². The minimum absolute atomic E-state index is 0.0280. The van der Waals surface area contributed by atoms with Gasteiger partial charge < -0.3 is 0 Å². The van der Waals surface area contributed by atoms with Crippen molar-refractivity contribution in [2.24, 2.45) is 0 Å². The molecule has 0 fully saturated rings. The summed E-state index contributed by atoms with van der Waals surface area (Å²) in [4.78, 5) is 10.6. The fourth-order valence-electron chi connectivity index (χ4n) is 5.23. The number of nitrogens with zero attached hydrogens (tertiary/aromatic N) is 6. The van der Waals surface area contributed by atoms with Crippen molar-refractivity contribution in [1.29, 1.82) is 15.8 Å². The van der Waals surface area contributed by atoms with Crippen LogP contribution in [0.4, 0.5) is 24.5 Å². The average Bonchev–Trinajstić information content (AvgIpc) is 3.31.